The largest absolute Gasteiger partial charge is 0.493 e. The van der Waals surface area contributed by atoms with Crippen LogP contribution in [0.1, 0.15) is 16.1 Å². The van der Waals surface area contributed by atoms with Gasteiger partial charge >= 0.3 is 0 Å². The van der Waals surface area contributed by atoms with Gasteiger partial charge in [0.05, 0.1) is 7.11 Å². The second-order valence-corrected chi connectivity index (χ2v) is 5.44. The zero-order chi connectivity index (χ0) is 16.9. The van der Waals surface area contributed by atoms with E-state index < -0.39 is 0 Å². The summed E-state index contributed by atoms with van der Waals surface area (Å²) in [7, 11) is 1.54. The first-order chi connectivity index (χ1) is 11.7. The maximum Gasteiger partial charge on any atom is 0.174 e. The number of rotatable bonds is 6. The molecule has 0 saturated carbocycles. The molecule has 6 heteroatoms. The predicted octanol–water partition coefficient (Wildman–Crippen LogP) is 4.40. The van der Waals surface area contributed by atoms with Crippen LogP contribution in [0.5, 0.6) is 11.5 Å². The Morgan fingerprint density at radius 2 is 1.92 bits per heavy atom. The average molecular weight is 344 g/mol. The molecule has 24 heavy (non-hydrogen) atoms. The van der Waals surface area contributed by atoms with E-state index in [2.05, 4.69) is 5.16 Å². The summed E-state index contributed by atoms with van der Waals surface area (Å²) in [6.07, 6.45) is 0.749. The molecule has 0 fully saturated rings. The SMILES string of the molecule is COc1ccc(C=O)cc1OCc1cc(-c2ccc(Cl)cc2)no1. The van der Waals surface area contributed by atoms with E-state index in [0.29, 0.717) is 33.5 Å². The Labute approximate surface area is 143 Å². The van der Waals surface area contributed by atoms with Crippen LogP contribution in [0.3, 0.4) is 0 Å². The number of aromatic nitrogens is 1. The van der Waals surface area contributed by atoms with Crippen LogP contribution in [0.25, 0.3) is 11.3 Å². The minimum absolute atomic E-state index is 0.166. The van der Waals surface area contributed by atoms with Crippen LogP contribution in [0.2, 0.25) is 5.02 Å². The van der Waals surface area contributed by atoms with Gasteiger partial charge in [-0.05, 0) is 30.3 Å². The highest BCUT2D eigenvalue weighted by molar-refractivity contribution is 6.30. The Morgan fingerprint density at radius 3 is 2.62 bits per heavy atom. The topological polar surface area (TPSA) is 61.6 Å². The molecule has 0 amide bonds. The van der Waals surface area contributed by atoms with Gasteiger partial charge in [-0.3, -0.25) is 4.79 Å². The van der Waals surface area contributed by atoms with E-state index in [1.165, 1.54) is 7.11 Å². The molecular weight excluding hydrogens is 330 g/mol. The minimum atomic E-state index is 0.166. The maximum absolute atomic E-state index is 10.9. The lowest BCUT2D eigenvalue weighted by Gasteiger charge is -2.09. The molecule has 0 aliphatic heterocycles. The third-order valence-electron chi connectivity index (χ3n) is 3.39. The van der Waals surface area contributed by atoms with E-state index >= 15 is 0 Å². The molecule has 3 aromatic rings. The highest BCUT2D eigenvalue weighted by Crippen LogP contribution is 2.29. The molecule has 1 heterocycles. The predicted molar refractivity (Wildman–Crippen MR) is 89.7 cm³/mol. The van der Waals surface area contributed by atoms with E-state index in [0.717, 1.165) is 11.8 Å². The number of halogens is 1. The van der Waals surface area contributed by atoms with Crippen molar-refractivity contribution in [2.45, 2.75) is 6.61 Å². The van der Waals surface area contributed by atoms with Crippen LogP contribution in [-0.4, -0.2) is 18.6 Å². The van der Waals surface area contributed by atoms with E-state index in [9.17, 15) is 4.79 Å². The van der Waals surface area contributed by atoms with Crippen LogP contribution in [-0.2, 0) is 6.61 Å². The average Bonchev–Trinajstić information content (AvgIpc) is 3.09. The fourth-order valence-corrected chi connectivity index (χ4v) is 2.29. The molecule has 0 atom stereocenters. The molecule has 122 valence electrons. The number of carbonyl (C=O) groups excluding carboxylic acids is 1. The lowest BCUT2D eigenvalue weighted by atomic mass is 10.1. The van der Waals surface area contributed by atoms with Crippen molar-refractivity contribution in [1.82, 2.24) is 5.16 Å². The molecule has 0 aliphatic carbocycles. The molecule has 0 bridgehead atoms. The van der Waals surface area contributed by atoms with Gasteiger partial charge in [-0.1, -0.05) is 28.9 Å². The first kappa shape index (κ1) is 16.1. The molecule has 0 aliphatic rings. The molecule has 0 radical (unpaired) electrons. The fourth-order valence-electron chi connectivity index (χ4n) is 2.17. The Bertz CT molecular complexity index is 842. The van der Waals surface area contributed by atoms with E-state index in [-0.39, 0.29) is 6.61 Å². The molecule has 0 unspecified atom stereocenters. The molecule has 0 spiro atoms. The summed E-state index contributed by atoms with van der Waals surface area (Å²) in [5.74, 6) is 1.56. The van der Waals surface area contributed by atoms with E-state index in [1.54, 1.807) is 36.4 Å². The highest BCUT2D eigenvalue weighted by Gasteiger charge is 2.10. The van der Waals surface area contributed by atoms with Crippen molar-refractivity contribution in [1.29, 1.82) is 0 Å². The van der Waals surface area contributed by atoms with Crippen molar-refractivity contribution in [3.63, 3.8) is 0 Å². The van der Waals surface area contributed by atoms with Crippen LogP contribution in [0, 0.1) is 0 Å². The summed E-state index contributed by atoms with van der Waals surface area (Å²) in [4.78, 5) is 10.9. The van der Waals surface area contributed by atoms with Crippen molar-refractivity contribution in [2.24, 2.45) is 0 Å². The Hall–Kier alpha value is -2.79. The molecule has 0 N–H and O–H groups in total. The number of methoxy groups -OCH3 is 1. The van der Waals surface area contributed by atoms with Gasteiger partial charge in [-0.15, -0.1) is 0 Å². The summed E-state index contributed by atoms with van der Waals surface area (Å²) < 4.78 is 16.2. The highest BCUT2D eigenvalue weighted by atomic mass is 35.5. The Kier molecular flexibility index (Phi) is 4.82. The fraction of sp³-hybridized carbons (Fsp3) is 0.111. The van der Waals surface area contributed by atoms with Crippen molar-refractivity contribution in [3.05, 3.63) is 64.9 Å². The summed E-state index contributed by atoms with van der Waals surface area (Å²) in [5.41, 5.74) is 2.10. The Morgan fingerprint density at radius 1 is 1.12 bits per heavy atom. The zero-order valence-corrected chi connectivity index (χ0v) is 13.6. The third-order valence-corrected chi connectivity index (χ3v) is 3.64. The summed E-state index contributed by atoms with van der Waals surface area (Å²) in [6, 6.07) is 14.0. The van der Waals surface area contributed by atoms with Crippen molar-refractivity contribution in [3.8, 4) is 22.8 Å². The molecule has 2 aromatic carbocycles. The number of benzene rings is 2. The van der Waals surface area contributed by atoms with E-state index in [1.807, 2.05) is 12.1 Å². The smallest absolute Gasteiger partial charge is 0.174 e. The second kappa shape index (κ2) is 7.19. The summed E-state index contributed by atoms with van der Waals surface area (Å²) in [5, 5.41) is 4.68. The number of ether oxygens (including phenoxy) is 2. The van der Waals surface area contributed by atoms with Gasteiger partial charge in [0, 0.05) is 22.2 Å². The maximum atomic E-state index is 10.9. The van der Waals surface area contributed by atoms with Gasteiger partial charge < -0.3 is 14.0 Å². The number of hydrogen-bond acceptors (Lipinski definition) is 5. The first-order valence-electron chi connectivity index (χ1n) is 7.17. The van der Waals surface area contributed by atoms with Crippen LogP contribution in [0.15, 0.2) is 53.1 Å². The molecule has 1 aromatic heterocycles. The van der Waals surface area contributed by atoms with Crippen LogP contribution >= 0.6 is 11.6 Å². The number of carbonyl (C=O) groups is 1. The van der Waals surface area contributed by atoms with Gasteiger partial charge in [0.2, 0.25) is 0 Å². The quantitative estimate of drug-likeness (QED) is 0.621. The van der Waals surface area contributed by atoms with Gasteiger partial charge in [0.15, 0.2) is 17.3 Å². The molecule has 3 rings (SSSR count). The standard InChI is InChI=1S/C18H14ClNO4/c1-22-17-7-2-12(10-21)8-18(17)23-11-15-9-16(20-24-15)13-3-5-14(19)6-4-13/h2-10H,11H2,1H3. The molecule has 0 saturated heterocycles. The van der Waals surface area contributed by atoms with Gasteiger partial charge in [0.1, 0.15) is 18.6 Å². The summed E-state index contributed by atoms with van der Waals surface area (Å²) >= 11 is 5.87. The van der Waals surface area contributed by atoms with E-state index in [4.69, 9.17) is 25.6 Å². The Balaban J connectivity index is 1.74. The minimum Gasteiger partial charge on any atom is -0.493 e. The van der Waals surface area contributed by atoms with Gasteiger partial charge in [-0.25, -0.2) is 0 Å². The van der Waals surface area contributed by atoms with Crippen LogP contribution in [0.4, 0.5) is 0 Å². The third kappa shape index (κ3) is 3.58. The zero-order valence-electron chi connectivity index (χ0n) is 12.9. The second-order valence-electron chi connectivity index (χ2n) is 5.00. The van der Waals surface area contributed by atoms with Gasteiger partial charge in [-0.2, -0.15) is 0 Å². The monoisotopic (exact) mass is 343 g/mol. The van der Waals surface area contributed by atoms with Crippen molar-refractivity contribution < 1.29 is 18.8 Å². The number of nitrogens with zero attached hydrogens (tertiary/aromatic N) is 1. The number of aldehydes is 1. The van der Waals surface area contributed by atoms with Crippen molar-refractivity contribution >= 4 is 17.9 Å². The molecule has 5 nitrogen and oxygen atoms in total. The van der Waals surface area contributed by atoms with Crippen molar-refractivity contribution in [2.75, 3.05) is 7.11 Å². The molecular formula is C18H14ClNO4. The normalized spacial score (nSPS) is 10.4. The lowest BCUT2D eigenvalue weighted by Crippen LogP contribution is -1.97. The van der Waals surface area contributed by atoms with Crippen LogP contribution < -0.4 is 9.47 Å². The number of hydrogen-bond donors (Lipinski definition) is 0. The summed E-state index contributed by atoms with van der Waals surface area (Å²) in [6.45, 7) is 0.166. The first-order valence-corrected chi connectivity index (χ1v) is 7.55. The lowest BCUT2D eigenvalue weighted by molar-refractivity contribution is 0.112. The van der Waals surface area contributed by atoms with Gasteiger partial charge in [0.25, 0.3) is 0 Å².